The molecule has 0 amide bonds. The van der Waals surface area contributed by atoms with Crippen LogP contribution >= 0.6 is 0 Å². The average Bonchev–Trinajstić information content (AvgIpc) is 2.78. The molecule has 0 rings (SSSR count). The number of hydrogen-bond acceptors (Lipinski definition) is 8. The molecule has 0 aromatic carbocycles. The molecule has 0 aliphatic heterocycles. The molecule has 8 heteroatoms. The molecule has 0 radical (unpaired) electrons. The molecule has 0 bridgehead atoms. The maximum absolute atomic E-state index is 10.8. The van der Waals surface area contributed by atoms with Gasteiger partial charge in [0.2, 0.25) is 0 Å². The summed E-state index contributed by atoms with van der Waals surface area (Å²) >= 11 is 0. The lowest BCUT2D eigenvalue weighted by Gasteiger charge is -2.08. The lowest BCUT2D eigenvalue weighted by molar-refractivity contribution is -0.139. The summed E-state index contributed by atoms with van der Waals surface area (Å²) in [6, 6.07) is 0. The Morgan fingerprint density at radius 3 is 1.32 bits per heavy atom. The molecule has 0 N–H and O–H groups in total. The summed E-state index contributed by atoms with van der Waals surface area (Å²) < 4.78 is 37.3. The number of hydrogen-bond donors (Lipinski definition) is 0. The van der Waals surface area contributed by atoms with Gasteiger partial charge in [-0.25, -0.2) is 4.79 Å². The molecule has 0 aromatic heterocycles. The van der Waals surface area contributed by atoms with Gasteiger partial charge < -0.3 is 33.2 Å². The van der Waals surface area contributed by atoms with E-state index in [0.29, 0.717) is 72.7 Å². The van der Waals surface area contributed by atoms with E-state index in [2.05, 4.69) is 13.5 Å². The highest BCUT2D eigenvalue weighted by Gasteiger charge is 1.96. The van der Waals surface area contributed by atoms with Crippen molar-refractivity contribution in [3.05, 3.63) is 12.7 Å². The van der Waals surface area contributed by atoms with Gasteiger partial charge in [0.15, 0.2) is 0 Å². The number of carbonyl (C=O) groups is 1. The van der Waals surface area contributed by atoms with Crippen LogP contribution in [-0.4, -0.2) is 91.9 Å². The summed E-state index contributed by atoms with van der Waals surface area (Å²) in [5.74, 6) is -0.447. The third kappa shape index (κ3) is 26.9. The zero-order valence-electron chi connectivity index (χ0n) is 19.5. The van der Waals surface area contributed by atoms with E-state index in [9.17, 15) is 4.79 Å². The van der Waals surface area contributed by atoms with Crippen molar-refractivity contribution in [1.29, 1.82) is 0 Å². The molecule has 0 heterocycles. The Labute approximate surface area is 188 Å². The van der Waals surface area contributed by atoms with Gasteiger partial charge in [-0.3, -0.25) is 0 Å². The third-order valence-electron chi connectivity index (χ3n) is 4.14. The molecule has 0 spiro atoms. The van der Waals surface area contributed by atoms with Crippen LogP contribution in [0.15, 0.2) is 12.7 Å². The molecule has 0 saturated carbocycles. The number of ether oxygens (including phenoxy) is 7. The Balaban J connectivity index is 3.02. The van der Waals surface area contributed by atoms with Crippen LogP contribution in [0.4, 0.5) is 0 Å². The summed E-state index contributed by atoms with van der Waals surface area (Å²) in [5, 5.41) is 0. The van der Waals surface area contributed by atoms with Gasteiger partial charge in [-0.1, -0.05) is 45.6 Å². The number of esters is 1. The van der Waals surface area contributed by atoms with Gasteiger partial charge in [-0.05, 0) is 6.42 Å². The molecule has 31 heavy (non-hydrogen) atoms. The van der Waals surface area contributed by atoms with Gasteiger partial charge in [-0.2, -0.15) is 0 Å². The first-order valence-electron chi connectivity index (χ1n) is 11.6. The normalized spacial score (nSPS) is 11.0. The van der Waals surface area contributed by atoms with Gasteiger partial charge in [0.1, 0.15) is 6.61 Å². The number of carbonyl (C=O) groups excluding carboxylic acids is 1. The van der Waals surface area contributed by atoms with Crippen LogP contribution in [0, 0.1) is 0 Å². The Hall–Kier alpha value is -1.03. The molecule has 8 nitrogen and oxygen atoms in total. The monoisotopic (exact) mass is 448 g/mol. The highest BCUT2D eigenvalue weighted by Crippen LogP contribution is 2.04. The predicted molar refractivity (Wildman–Crippen MR) is 119 cm³/mol. The fourth-order valence-electron chi connectivity index (χ4n) is 2.45. The summed E-state index contributed by atoms with van der Waals surface area (Å²) in [6.07, 6.45) is 8.80. The highest BCUT2D eigenvalue weighted by molar-refractivity contribution is 5.81. The predicted octanol–water partition coefficient (Wildman–Crippen LogP) is 3.18. The Morgan fingerprint density at radius 1 is 0.548 bits per heavy atom. The smallest absolute Gasteiger partial charge is 0.330 e. The van der Waals surface area contributed by atoms with E-state index in [1.54, 1.807) is 0 Å². The minimum absolute atomic E-state index is 0.214. The minimum Gasteiger partial charge on any atom is -0.460 e. The maximum atomic E-state index is 10.8. The average molecular weight is 449 g/mol. The van der Waals surface area contributed by atoms with Crippen molar-refractivity contribution in [2.24, 2.45) is 0 Å². The molecule has 0 fully saturated rings. The molecule has 0 aliphatic carbocycles. The molecule has 184 valence electrons. The standard InChI is InChI=1S/C23H44O8/c1-3-5-6-7-8-9-10-25-11-12-26-13-14-27-15-16-28-17-18-29-19-20-30-21-22-31-23(24)4-2/h4H,2-3,5-22H2,1H3. The van der Waals surface area contributed by atoms with E-state index in [0.717, 1.165) is 19.1 Å². The molecule has 0 atom stereocenters. The Kier molecular flexibility index (Phi) is 26.1. The molecular formula is C23H44O8. The molecule has 0 saturated heterocycles. The topological polar surface area (TPSA) is 81.7 Å². The van der Waals surface area contributed by atoms with E-state index in [4.69, 9.17) is 33.2 Å². The second-order valence-corrected chi connectivity index (χ2v) is 6.81. The van der Waals surface area contributed by atoms with Gasteiger partial charge >= 0.3 is 5.97 Å². The third-order valence-corrected chi connectivity index (χ3v) is 4.14. The van der Waals surface area contributed by atoms with E-state index >= 15 is 0 Å². The Bertz CT molecular complexity index is 379. The fraction of sp³-hybridized carbons (Fsp3) is 0.870. The molecular weight excluding hydrogens is 404 g/mol. The van der Waals surface area contributed by atoms with Crippen LogP contribution in [0.1, 0.15) is 45.4 Å². The van der Waals surface area contributed by atoms with Crippen LogP contribution < -0.4 is 0 Å². The van der Waals surface area contributed by atoms with E-state index in [1.807, 2.05) is 0 Å². The van der Waals surface area contributed by atoms with E-state index in [1.165, 1.54) is 32.1 Å². The van der Waals surface area contributed by atoms with Crippen molar-refractivity contribution in [2.75, 3.05) is 85.9 Å². The van der Waals surface area contributed by atoms with E-state index < -0.39 is 5.97 Å². The molecule has 0 aromatic rings. The SMILES string of the molecule is C=CC(=O)OCCOCCOCCOCCOCCOCCOCCCCCCCC. The van der Waals surface area contributed by atoms with Crippen LogP contribution in [-0.2, 0) is 38.0 Å². The zero-order valence-corrected chi connectivity index (χ0v) is 19.5. The first-order chi connectivity index (χ1) is 15.3. The molecule has 0 unspecified atom stereocenters. The van der Waals surface area contributed by atoms with Gasteiger partial charge in [0.25, 0.3) is 0 Å². The van der Waals surface area contributed by atoms with Gasteiger partial charge in [0.05, 0.1) is 72.7 Å². The van der Waals surface area contributed by atoms with Gasteiger partial charge in [-0.15, -0.1) is 0 Å². The Morgan fingerprint density at radius 2 is 0.903 bits per heavy atom. The first-order valence-corrected chi connectivity index (χ1v) is 11.6. The molecule has 0 aliphatic rings. The van der Waals surface area contributed by atoms with Crippen LogP contribution in [0.3, 0.4) is 0 Å². The van der Waals surface area contributed by atoms with E-state index in [-0.39, 0.29) is 6.61 Å². The summed E-state index contributed by atoms with van der Waals surface area (Å²) in [5.41, 5.74) is 0. The lowest BCUT2D eigenvalue weighted by atomic mass is 10.1. The quantitative estimate of drug-likeness (QED) is 0.113. The maximum Gasteiger partial charge on any atom is 0.330 e. The van der Waals surface area contributed by atoms with Crippen molar-refractivity contribution in [3.63, 3.8) is 0 Å². The number of rotatable bonds is 26. The fourth-order valence-corrected chi connectivity index (χ4v) is 2.45. The highest BCUT2D eigenvalue weighted by atomic mass is 16.6. The van der Waals surface area contributed by atoms with Crippen molar-refractivity contribution >= 4 is 5.97 Å². The van der Waals surface area contributed by atoms with Crippen LogP contribution in [0.5, 0.6) is 0 Å². The van der Waals surface area contributed by atoms with Crippen molar-refractivity contribution in [2.45, 2.75) is 45.4 Å². The van der Waals surface area contributed by atoms with Crippen molar-refractivity contribution < 1.29 is 38.0 Å². The summed E-state index contributed by atoms with van der Waals surface area (Å²) in [6.45, 7) is 12.3. The summed E-state index contributed by atoms with van der Waals surface area (Å²) in [7, 11) is 0. The minimum atomic E-state index is -0.447. The lowest BCUT2D eigenvalue weighted by Crippen LogP contribution is -2.15. The first kappa shape index (κ1) is 30.0. The number of unbranched alkanes of at least 4 members (excludes halogenated alkanes) is 5. The largest absolute Gasteiger partial charge is 0.460 e. The van der Waals surface area contributed by atoms with Crippen LogP contribution in [0.2, 0.25) is 0 Å². The van der Waals surface area contributed by atoms with Crippen molar-refractivity contribution in [1.82, 2.24) is 0 Å². The summed E-state index contributed by atoms with van der Waals surface area (Å²) in [4.78, 5) is 10.8. The van der Waals surface area contributed by atoms with Crippen molar-refractivity contribution in [3.8, 4) is 0 Å². The van der Waals surface area contributed by atoms with Gasteiger partial charge in [0, 0.05) is 12.7 Å². The zero-order chi connectivity index (χ0) is 22.7. The second-order valence-electron chi connectivity index (χ2n) is 6.81. The van der Waals surface area contributed by atoms with Crippen LogP contribution in [0.25, 0.3) is 0 Å². The second kappa shape index (κ2) is 27.0.